The van der Waals surface area contributed by atoms with Crippen LogP contribution < -0.4 is 10.2 Å². The second-order valence-corrected chi connectivity index (χ2v) is 8.99. The van der Waals surface area contributed by atoms with E-state index in [1.165, 1.54) is 11.3 Å². The molecule has 2 aromatic carbocycles. The molecule has 0 aliphatic carbocycles. The number of piperazine rings is 1. The molecule has 1 fully saturated rings. The van der Waals surface area contributed by atoms with E-state index in [1.807, 2.05) is 60.1 Å². The Morgan fingerprint density at radius 1 is 0.968 bits per heavy atom. The van der Waals surface area contributed by atoms with Crippen LogP contribution in [0.5, 0.6) is 0 Å². The first-order valence-corrected chi connectivity index (χ1v) is 11.3. The number of fused-ring (bicyclic) bond motifs is 1. The normalized spacial score (nSPS) is 14.8. The number of hydrogen-bond acceptors (Lipinski definition) is 5. The maximum Gasteiger partial charge on any atom is 0.265 e. The molecule has 5 rings (SSSR count). The lowest BCUT2D eigenvalue weighted by Gasteiger charge is -2.34. The molecule has 0 spiro atoms. The fourth-order valence-corrected chi connectivity index (χ4v) is 5.02. The molecule has 1 aliphatic heterocycles. The monoisotopic (exact) mass is 431 g/mol. The highest BCUT2D eigenvalue weighted by Gasteiger charge is 2.18. The second kappa shape index (κ2) is 8.17. The van der Waals surface area contributed by atoms with Crippen molar-refractivity contribution in [1.29, 1.82) is 0 Å². The molecule has 6 nitrogen and oxygen atoms in total. The molecule has 0 saturated carbocycles. The summed E-state index contributed by atoms with van der Waals surface area (Å²) in [5.74, 6) is -0.0873. The van der Waals surface area contributed by atoms with E-state index in [0.29, 0.717) is 4.88 Å². The molecule has 0 unspecified atom stereocenters. The van der Waals surface area contributed by atoms with E-state index < -0.39 is 0 Å². The van der Waals surface area contributed by atoms with Gasteiger partial charge in [0.05, 0.1) is 16.3 Å². The van der Waals surface area contributed by atoms with Crippen LogP contribution in [0.1, 0.15) is 15.4 Å². The molecular formula is C24H25N5OS. The number of anilines is 2. The third kappa shape index (κ3) is 3.94. The fraction of sp³-hybridized carbons (Fsp3) is 0.250. The van der Waals surface area contributed by atoms with Gasteiger partial charge in [0.1, 0.15) is 4.83 Å². The lowest BCUT2D eigenvalue weighted by molar-refractivity contribution is 0.103. The minimum atomic E-state index is -0.0873. The van der Waals surface area contributed by atoms with Gasteiger partial charge in [0.2, 0.25) is 0 Å². The summed E-state index contributed by atoms with van der Waals surface area (Å²) < 4.78 is 1.92. The van der Waals surface area contributed by atoms with Gasteiger partial charge in [-0.05, 0) is 50.4 Å². The number of aryl methyl sites for hydroxylation is 1. The van der Waals surface area contributed by atoms with Crippen molar-refractivity contribution in [3.05, 3.63) is 71.2 Å². The van der Waals surface area contributed by atoms with Gasteiger partial charge in [0.15, 0.2) is 0 Å². The molecule has 0 radical (unpaired) electrons. The molecule has 0 bridgehead atoms. The van der Waals surface area contributed by atoms with Gasteiger partial charge in [0.25, 0.3) is 5.91 Å². The summed E-state index contributed by atoms with van der Waals surface area (Å²) in [5.41, 5.74) is 3.89. The topological polar surface area (TPSA) is 53.4 Å². The number of thiophene rings is 1. The summed E-state index contributed by atoms with van der Waals surface area (Å²) in [6, 6.07) is 20.1. The van der Waals surface area contributed by atoms with Gasteiger partial charge in [-0.15, -0.1) is 11.3 Å². The predicted molar refractivity (Wildman–Crippen MR) is 128 cm³/mol. The molecule has 1 amide bonds. The van der Waals surface area contributed by atoms with Crippen molar-refractivity contribution in [3.8, 4) is 5.69 Å². The van der Waals surface area contributed by atoms with Gasteiger partial charge in [-0.3, -0.25) is 4.79 Å². The maximum atomic E-state index is 13.0. The number of rotatable bonds is 4. The van der Waals surface area contributed by atoms with Crippen LogP contribution in [-0.2, 0) is 0 Å². The highest BCUT2D eigenvalue weighted by atomic mass is 32.1. The van der Waals surface area contributed by atoms with Crippen LogP contribution in [0.3, 0.4) is 0 Å². The van der Waals surface area contributed by atoms with E-state index in [4.69, 9.17) is 0 Å². The Kier molecular flexibility index (Phi) is 5.21. The SMILES string of the molecule is Cc1nn(-c2ccccc2)c2sc(C(=O)Nc3cccc(N4CCN(C)CC4)c3)cc12. The number of benzene rings is 2. The van der Waals surface area contributed by atoms with Crippen LogP contribution in [0.2, 0.25) is 0 Å². The number of carbonyl (C=O) groups excluding carboxylic acids is 1. The molecule has 7 heteroatoms. The van der Waals surface area contributed by atoms with Crippen LogP contribution in [0.25, 0.3) is 15.9 Å². The minimum Gasteiger partial charge on any atom is -0.369 e. The molecule has 3 heterocycles. The Balaban J connectivity index is 1.38. The number of carbonyl (C=O) groups is 1. The van der Waals surface area contributed by atoms with Crippen LogP contribution >= 0.6 is 11.3 Å². The van der Waals surface area contributed by atoms with Crippen molar-refractivity contribution in [2.45, 2.75) is 6.92 Å². The zero-order valence-electron chi connectivity index (χ0n) is 17.7. The highest BCUT2D eigenvalue weighted by Crippen LogP contribution is 2.31. The van der Waals surface area contributed by atoms with Crippen molar-refractivity contribution in [3.63, 3.8) is 0 Å². The Morgan fingerprint density at radius 2 is 1.71 bits per heavy atom. The van der Waals surface area contributed by atoms with Gasteiger partial charge in [-0.2, -0.15) is 5.10 Å². The molecule has 31 heavy (non-hydrogen) atoms. The van der Waals surface area contributed by atoms with Crippen molar-refractivity contribution >= 4 is 38.8 Å². The molecular weight excluding hydrogens is 406 g/mol. The summed E-state index contributed by atoms with van der Waals surface area (Å²) in [6.07, 6.45) is 0. The summed E-state index contributed by atoms with van der Waals surface area (Å²) in [7, 11) is 2.15. The maximum absolute atomic E-state index is 13.0. The van der Waals surface area contributed by atoms with E-state index >= 15 is 0 Å². The average molecular weight is 432 g/mol. The van der Waals surface area contributed by atoms with E-state index in [0.717, 1.165) is 59.2 Å². The first kappa shape index (κ1) is 19.8. The number of para-hydroxylation sites is 1. The predicted octanol–water partition coefficient (Wildman–Crippen LogP) is 4.40. The number of nitrogens with one attached hydrogen (secondary N) is 1. The van der Waals surface area contributed by atoms with Crippen LogP contribution in [0.4, 0.5) is 11.4 Å². The van der Waals surface area contributed by atoms with Gasteiger partial charge in [0, 0.05) is 42.9 Å². The standard InChI is InChI=1S/C24H25N5OS/c1-17-21-16-22(31-24(21)29(26-17)19-8-4-3-5-9-19)23(30)25-18-7-6-10-20(15-18)28-13-11-27(2)12-14-28/h3-10,15-16H,11-14H2,1-2H3,(H,25,30). The Bertz CT molecular complexity index is 1220. The largest absolute Gasteiger partial charge is 0.369 e. The quantitative estimate of drug-likeness (QED) is 0.520. The first-order valence-electron chi connectivity index (χ1n) is 10.5. The van der Waals surface area contributed by atoms with E-state index in [1.54, 1.807) is 0 Å². The zero-order valence-corrected chi connectivity index (χ0v) is 18.5. The molecule has 4 aromatic rings. The van der Waals surface area contributed by atoms with Crippen LogP contribution in [-0.4, -0.2) is 53.8 Å². The van der Waals surface area contributed by atoms with Crippen molar-refractivity contribution < 1.29 is 4.79 Å². The molecule has 1 N–H and O–H groups in total. The third-order valence-electron chi connectivity index (χ3n) is 5.74. The molecule has 1 aliphatic rings. The van der Waals surface area contributed by atoms with Crippen molar-refractivity contribution in [1.82, 2.24) is 14.7 Å². The lowest BCUT2D eigenvalue weighted by atomic mass is 10.2. The van der Waals surface area contributed by atoms with Crippen molar-refractivity contribution in [2.75, 3.05) is 43.4 Å². The molecule has 158 valence electrons. The summed E-state index contributed by atoms with van der Waals surface area (Å²) in [5, 5.41) is 8.76. The highest BCUT2D eigenvalue weighted by molar-refractivity contribution is 7.20. The number of aromatic nitrogens is 2. The molecule has 1 saturated heterocycles. The summed E-state index contributed by atoms with van der Waals surface area (Å²) >= 11 is 1.47. The van der Waals surface area contributed by atoms with E-state index in [-0.39, 0.29) is 5.91 Å². The van der Waals surface area contributed by atoms with Crippen molar-refractivity contribution in [2.24, 2.45) is 0 Å². The molecule has 0 atom stereocenters. The van der Waals surface area contributed by atoms with Crippen LogP contribution in [0, 0.1) is 6.92 Å². The fourth-order valence-electron chi connectivity index (χ4n) is 3.94. The lowest BCUT2D eigenvalue weighted by Crippen LogP contribution is -2.44. The van der Waals surface area contributed by atoms with Gasteiger partial charge in [-0.25, -0.2) is 4.68 Å². The summed E-state index contributed by atoms with van der Waals surface area (Å²) in [6.45, 7) is 6.08. The first-order chi connectivity index (χ1) is 15.1. The minimum absolute atomic E-state index is 0.0873. The van der Waals surface area contributed by atoms with Gasteiger partial charge >= 0.3 is 0 Å². The van der Waals surface area contributed by atoms with Gasteiger partial charge in [-0.1, -0.05) is 24.3 Å². The second-order valence-electron chi connectivity index (χ2n) is 7.96. The number of amides is 1. The van der Waals surface area contributed by atoms with Gasteiger partial charge < -0.3 is 15.1 Å². The Labute approximate surface area is 185 Å². The summed E-state index contributed by atoms with van der Waals surface area (Å²) in [4.78, 5) is 19.4. The zero-order chi connectivity index (χ0) is 21.4. The third-order valence-corrected chi connectivity index (χ3v) is 6.85. The smallest absolute Gasteiger partial charge is 0.265 e. The number of hydrogen-bond donors (Lipinski definition) is 1. The Hall–Kier alpha value is -3.16. The van der Waals surface area contributed by atoms with E-state index in [2.05, 4.69) is 39.4 Å². The number of nitrogens with zero attached hydrogens (tertiary/aromatic N) is 4. The van der Waals surface area contributed by atoms with Crippen LogP contribution in [0.15, 0.2) is 60.7 Å². The Morgan fingerprint density at radius 3 is 2.48 bits per heavy atom. The van der Waals surface area contributed by atoms with E-state index in [9.17, 15) is 4.79 Å². The average Bonchev–Trinajstić information content (AvgIpc) is 3.36. The molecule has 2 aromatic heterocycles. The number of likely N-dealkylation sites (N-methyl/N-ethyl adjacent to an activating group) is 1.